The number of nitrogens with one attached hydrogen (secondary N) is 1. The standard InChI is InChI=1S/C14H11ClN4OS/c1-9-17-18-14(21)19(9)16-8-12-6-7-13(20-12)10-2-4-11(15)5-3-10/h2-8H,1H3,(H,18,21)/b16-8-. The summed E-state index contributed by atoms with van der Waals surface area (Å²) in [6, 6.07) is 11.2. The molecular weight excluding hydrogens is 308 g/mol. The summed E-state index contributed by atoms with van der Waals surface area (Å²) in [5.74, 6) is 2.06. The molecule has 3 aromatic rings. The average Bonchev–Trinajstić information content (AvgIpc) is 3.06. The Hall–Kier alpha value is -2.18. The van der Waals surface area contributed by atoms with Gasteiger partial charge in [-0.1, -0.05) is 11.6 Å². The van der Waals surface area contributed by atoms with Crippen molar-refractivity contribution in [3.05, 3.63) is 57.8 Å². The maximum Gasteiger partial charge on any atom is 0.216 e. The number of aromatic amines is 1. The number of nitrogens with zero attached hydrogens (tertiary/aromatic N) is 3. The number of rotatable bonds is 3. The third kappa shape index (κ3) is 2.96. The monoisotopic (exact) mass is 318 g/mol. The van der Waals surface area contributed by atoms with Crippen molar-refractivity contribution < 1.29 is 4.42 Å². The third-order valence-corrected chi connectivity index (χ3v) is 3.38. The predicted octanol–water partition coefficient (Wildman–Crippen LogP) is 4.04. The van der Waals surface area contributed by atoms with Gasteiger partial charge in [0.2, 0.25) is 4.77 Å². The van der Waals surface area contributed by atoms with Gasteiger partial charge in [0.1, 0.15) is 17.3 Å². The van der Waals surface area contributed by atoms with Gasteiger partial charge in [0.15, 0.2) is 0 Å². The lowest BCUT2D eigenvalue weighted by Gasteiger charge is -1.96. The van der Waals surface area contributed by atoms with Crippen LogP contribution in [0.2, 0.25) is 5.02 Å². The van der Waals surface area contributed by atoms with Gasteiger partial charge in [0.05, 0.1) is 6.21 Å². The predicted molar refractivity (Wildman–Crippen MR) is 84.3 cm³/mol. The first-order chi connectivity index (χ1) is 10.1. The number of hydrogen-bond donors (Lipinski definition) is 1. The zero-order valence-electron chi connectivity index (χ0n) is 11.1. The highest BCUT2D eigenvalue weighted by molar-refractivity contribution is 7.71. The second kappa shape index (κ2) is 5.67. The van der Waals surface area contributed by atoms with Crippen LogP contribution < -0.4 is 0 Å². The van der Waals surface area contributed by atoms with E-state index in [-0.39, 0.29) is 0 Å². The average molecular weight is 319 g/mol. The molecule has 0 atom stereocenters. The first-order valence-electron chi connectivity index (χ1n) is 6.17. The van der Waals surface area contributed by atoms with E-state index >= 15 is 0 Å². The van der Waals surface area contributed by atoms with Crippen molar-refractivity contribution >= 4 is 30.0 Å². The summed E-state index contributed by atoms with van der Waals surface area (Å²) in [7, 11) is 0. The molecule has 2 heterocycles. The van der Waals surface area contributed by atoms with Crippen LogP contribution in [0.3, 0.4) is 0 Å². The molecule has 106 valence electrons. The topological polar surface area (TPSA) is 59.1 Å². The Morgan fingerprint density at radius 3 is 2.71 bits per heavy atom. The Bertz CT molecular complexity index is 844. The van der Waals surface area contributed by atoms with E-state index in [1.807, 2.05) is 43.3 Å². The quantitative estimate of drug-likeness (QED) is 0.585. The molecule has 0 fully saturated rings. The number of furan rings is 1. The molecule has 0 aliphatic carbocycles. The fraction of sp³-hybridized carbons (Fsp3) is 0.0714. The highest BCUT2D eigenvalue weighted by Crippen LogP contribution is 2.23. The fourth-order valence-corrected chi connectivity index (χ4v) is 2.16. The molecule has 0 saturated carbocycles. The van der Waals surface area contributed by atoms with Crippen molar-refractivity contribution in [2.45, 2.75) is 6.92 Å². The molecule has 0 aliphatic heterocycles. The molecule has 0 amide bonds. The largest absolute Gasteiger partial charge is 0.455 e. The molecule has 0 saturated heterocycles. The highest BCUT2D eigenvalue weighted by atomic mass is 35.5. The Kier molecular flexibility index (Phi) is 3.72. The van der Waals surface area contributed by atoms with Crippen LogP contribution in [-0.4, -0.2) is 21.1 Å². The smallest absolute Gasteiger partial charge is 0.216 e. The Balaban J connectivity index is 1.85. The molecule has 21 heavy (non-hydrogen) atoms. The molecule has 1 aromatic carbocycles. The summed E-state index contributed by atoms with van der Waals surface area (Å²) in [5, 5.41) is 11.6. The second-order valence-corrected chi connectivity index (χ2v) is 5.16. The van der Waals surface area contributed by atoms with E-state index in [9.17, 15) is 0 Å². The number of H-pyrrole nitrogens is 1. The van der Waals surface area contributed by atoms with Crippen LogP contribution in [0.15, 0.2) is 45.9 Å². The Morgan fingerprint density at radius 2 is 2.05 bits per heavy atom. The lowest BCUT2D eigenvalue weighted by molar-refractivity contribution is 0.574. The third-order valence-electron chi connectivity index (χ3n) is 2.87. The minimum absolute atomic E-state index is 0.438. The van der Waals surface area contributed by atoms with Gasteiger partial charge < -0.3 is 4.42 Å². The molecule has 2 aromatic heterocycles. The van der Waals surface area contributed by atoms with Crippen molar-refractivity contribution in [2.24, 2.45) is 5.10 Å². The fourth-order valence-electron chi connectivity index (χ4n) is 1.81. The molecular formula is C14H11ClN4OS. The zero-order valence-corrected chi connectivity index (χ0v) is 12.6. The minimum atomic E-state index is 0.438. The van der Waals surface area contributed by atoms with E-state index < -0.39 is 0 Å². The SMILES string of the molecule is Cc1n[nH]c(=S)n1/N=C\c1ccc(-c2ccc(Cl)cc2)o1. The van der Waals surface area contributed by atoms with Gasteiger partial charge in [-0.15, -0.1) is 0 Å². The first-order valence-corrected chi connectivity index (χ1v) is 6.96. The summed E-state index contributed by atoms with van der Waals surface area (Å²) in [5.41, 5.74) is 0.954. The van der Waals surface area contributed by atoms with Crippen molar-refractivity contribution in [3.63, 3.8) is 0 Å². The van der Waals surface area contributed by atoms with E-state index in [1.54, 1.807) is 6.21 Å². The van der Waals surface area contributed by atoms with E-state index in [0.717, 1.165) is 11.3 Å². The summed E-state index contributed by atoms with van der Waals surface area (Å²) in [6.07, 6.45) is 1.59. The molecule has 1 N–H and O–H groups in total. The van der Waals surface area contributed by atoms with Gasteiger partial charge in [-0.25, -0.2) is 0 Å². The van der Waals surface area contributed by atoms with Crippen molar-refractivity contribution in [1.29, 1.82) is 0 Å². The Morgan fingerprint density at radius 1 is 1.29 bits per heavy atom. The van der Waals surface area contributed by atoms with Crippen molar-refractivity contribution in [3.8, 4) is 11.3 Å². The number of benzene rings is 1. The van der Waals surface area contributed by atoms with E-state index in [4.69, 9.17) is 28.2 Å². The van der Waals surface area contributed by atoms with E-state index in [0.29, 0.717) is 21.4 Å². The van der Waals surface area contributed by atoms with Crippen molar-refractivity contribution in [2.75, 3.05) is 0 Å². The molecule has 0 aliphatic rings. The Labute approximate surface area is 130 Å². The molecule has 0 bridgehead atoms. The first kappa shape index (κ1) is 13.8. The van der Waals surface area contributed by atoms with Gasteiger partial charge >= 0.3 is 0 Å². The zero-order chi connectivity index (χ0) is 14.8. The van der Waals surface area contributed by atoms with E-state index in [2.05, 4.69) is 15.3 Å². The van der Waals surface area contributed by atoms with Gasteiger partial charge in [-0.3, -0.25) is 5.10 Å². The van der Waals surface area contributed by atoms with Crippen LogP contribution in [0.25, 0.3) is 11.3 Å². The minimum Gasteiger partial charge on any atom is -0.455 e. The normalized spacial score (nSPS) is 11.3. The van der Waals surface area contributed by atoms with E-state index in [1.165, 1.54) is 4.68 Å². The second-order valence-electron chi connectivity index (χ2n) is 4.34. The summed E-state index contributed by atoms with van der Waals surface area (Å²) in [4.78, 5) is 0. The molecule has 0 radical (unpaired) electrons. The van der Waals surface area contributed by atoms with Crippen molar-refractivity contribution in [1.82, 2.24) is 14.9 Å². The lowest BCUT2D eigenvalue weighted by Crippen LogP contribution is -1.92. The van der Waals surface area contributed by atoms with Crippen LogP contribution in [0.5, 0.6) is 0 Å². The highest BCUT2D eigenvalue weighted by Gasteiger charge is 2.04. The number of aryl methyl sites for hydroxylation is 1. The molecule has 5 nitrogen and oxygen atoms in total. The number of hydrogen-bond acceptors (Lipinski definition) is 4. The molecule has 7 heteroatoms. The maximum atomic E-state index is 5.87. The van der Waals surface area contributed by atoms with Crippen LogP contribution in [0.1, 0.15) is 11.6 Å². The van der Waals surface area contributed by atoms with Crippen LogP contribution >= 0.6 is 23.8 Å². The summed E-state index contributed by atoms with van der Waals surface area (Å²) in [6.45, 7) is 1.81. The molecule has 3 rings (SSSR count). The summed E-state index contributed by atoms with van der Waals surface area (Å²) >= 11 is 10.9. The van der Waals surface area contributed by atoms with Gasteiger partial charge in [0.25, 0.3) is 0 Å². The van der Waals surface area contributed by atoms with Crippen LogP contribution in [-0.2, 0) is 0 Å². The maximum absolute atomic E-state index is 5.87. The number of halogens is 1. The summed E-state index contributed by atoms with van der Waals surface area (Å²) < 4.78 is 7.68. The van der Waals surface area contributed by atoms with Crippen LogP contribution in [0.4, 0.5) is 0 Å². The molecule has 0 spiro atoms. The van der Waals surface area contributed by atoms with Gasteiger partial charge in [-0.05, 0) is 55.5 Å². The van der Waals surface area contributed by atoms with Crippen LogP contribution in [0, 0.1) is 11.7 Å². The molecule has 0 unspecified atom stereocenters. The van der Waals surface area contributed by atoms with Gasteiger partial charge in [-0.2, -0.15) is 14.9 Å². The number of aromatic nitrogens is 3. The lowest BCUT2D eigenvalue weighted by atomic mass is 10.2. The van der Waals surface area contributed by atoms with Gasteiger partial charge in [0, 0.05) is 10.6 Å².